The van der Waals surface area contributed by atoms with Crippen LogP contribution < -0.4 is 0 Å². The van der Waals surface area contributed by atoms with Crippen molar-refractivity contribution in [2.75, 3.05) is 6.54 Å². The van der Waals surface area contributed by atoms with Crippen molar-refractivity contribution in [1.82, 2.24) is 4.90 Å². The zero-order valence-corrected chi connectivity index (χ0v) is 15.7. The van der Waals surface area contributed by atoms with Crippen LogP contribution in [0.3, 0.4) is 0 Å². The number of rotatable bonds is 5. The van der Waals surface area contributed by atoms with Crippen molar-refractivity contribution in [2.24, 2.45) is 5.92 Å². The molecule has 0 bridgehead atoms. The first kappa shape index (κ1) is 19.3. The Morgan fingerprint density at radius 2 is 1.92 bits per heavy atom. The molecule has 5 nitrogen and oxygen atoms in total. The van der Waals surface area contributed by atoms with Crippen molar-refractivity contribution < 1.29 is 19.1 Å². The van der Waals surface area contributed by atoms with Crippen molar-refractivity contribution in [3.05, 3.63) is 35.9 Å². The SMILES string of the molecule is C[C@H](C[C@@H]1CCCN1C(=O)OC(C)(C)C)C(=O)OCc1ccccc1. The van der Waals surface area contributed by atoms with Crippen LogP contribution in [-0.2, 0) is 20.9 Å². The number of esters is 1. The third-order valence-corrected chi connectivity index (χ3v) is 4.26. The average Bonchev–Trinajstić information content (AvgIpc) is 3.00. The molecule has 0 aliphatic carbocycles. The molecule has 1 heterocycles. The van der Waals surface area contributed by atoms with Gasteiger partial charge in [0.15, 0.2) is 0 Å². The molecule has 1 saturated heterocycles. The van der Waals surface area contributed by atoms with E-state index in [1.807, 2.05) is 58.0 Å². The van der Waals surface area contributed by atoms with Crippen molar-refractivity contribution >= 4 is 12.1 Å². The number of hydrogen-bond acceptors (Lipinski definition) is 4. The number of amides is 1. The van der Waals surface area contributed by atoms with E-state index >= 15 is 0 Å². The molecular weight excluding hydrogens is 318 g/mol. The zero-order valence-electron chi connectivity index (χ0n) is 15.7. The van der Waals surface area contributed by atoms with Gasteiger partial charge in [0.1, 0.15) is 12.2 Å². The number of hydrogen-bond donors (Lipinski definition) is 0. The third kappa shape index (κ3) is 6.07. The highest BCUT2D eigenvalue weighted by Gasteiger charge is 2.34. The van der Waals surface area contributed by atoms with E-state index in [1.54, 1.807) is 4.90 Å². The standard InChI is InChI=1S/C20H29NO4/c1-15(18(22)24-14-16-9-6-5-7-10-16)13-17-11-8-12-21(17)19(23)25-20(2,3)4/h5-7,9-10,15,17H,8,11-14H2,1-4H3/t15-,17+/m1/s1. The van der Waals surface area contributed by atoms with Crippen LogP contribution in [0.15, 0.2) is 30.3 Å². The van der Waals surface area contributed by atoms with Gasteiger partial charge in [0.25, 0.3) is 0 Å². The monoisotopic (exact) mass is 347 g/mol. The van der Waals surface area contributed by atoms with Gasteiger partial charge in [-0.1, -0.05) is 37.3 Å². The van der Waals surface area contributed by atoms with Crippen molar-refractivity contribution in [2.45, 2.75) is 65.2 Å². The lowest BCUT2D eigenvalue weighted by Crippen LogP contribution is -2.41. The van der Waals surface area contributed by atoms with Gasteiger partial charge in [-0.05, 0) is 45.6 Å². The molecule has 5 heteroatoms. The van der Waals surface area contributed by atoms with Crippen LogP contribution in [0.2, 0.25) is 0 Å². The molecule has 0 unspecified atom stereocenters. The van der Waals surface area contributed by atoms with Gasteiger partial charge in [0.2, 0.25) is 0 Å². The van der Waals surface area contributed by atoms with E-state index < -0.39 is 5.60 Å². The van der Waals surface area contributed by atoms with Crippen molar-refractivity contribution in [3.8, 4) is 0 Å². The molecule has 2 atom stereocenters. The first-order valence-electron chi connectivity index (χ1n) is 8.96. The molecule has 0 spiro atoms. The van der Waals surface area contributed by atoms with Crippen LogP contribution in [0.5, 0.6) is 0 Å². The predicted molar refractivity (Wildman–Crippen MR) is 96.0 cm³/mol. The van der Waals surface area contributed by atoms with Crippen LogP contribution in [0.1, 0.15) is 52.5 Å². The van der Waals surface area contributed by atoms with Crippen molar-refractivity contribution in [1.29, 1.82) is 0 Å². The highest BCUT2D eigenvalue weighted by Crippen LogP contribution is 2.26. The van der Waals surface area contributed by atoms with E-state index in [1.165, 1.54) is 0 Å². The Morgan fingerprint density at radius 1 is 1.24 bits per heavy atom. The molecule has 1 amide bonds. The van der Waals surface area contributed by atoms with Crippen LogP contribution >= 0.6 is 0 Å². The summed E-state index contributed by atoms with van der Waals surface area (Å²) < 4.78 is 10.9. The summed E-state index contributed by atoms with van der Waals surface area (Å²) in [6.45, 7) is 8.41. The molecule has 138 valence electrons. The maximum absolute atomic E-state index is 12.3. The smallest absolute Gasteiger partial charge is 0.410 e. The second kappa shape index (κ2) is 8.37. The molecule has 1 aliphatic rings. The Labute approximate surface area is 150 Å². The number of carbonyl (C=O) groups excluding carboxylic acids is 2. The van der Waals surface area contributed by atoms with Gasteiger partial charge >= 0.3 is 12.1 Å². The number of nitrogens with zero attached hydrogens (tertiary/aromatic N) is 1. The third-order valence-electron chi connectivity index (χ3n) is 4.26. The van der Waals surface area contributed by atoms with Crippen LogP contribution in [-0.4, -0.2) is 35.2 Å². The van der Waals surface area contributed by atoms with Crippen molar-refractivity contribution in [3.63, 3.8) is 0 Å². The van der Waals surface area contributed by atoms with E-state index in [-0.39, 0.29) is 30.6 Å². The summed E-state index contributed by atoms with van der Waals surface area (Å²) in [7, 11) is 0. The van der Waals surface area contributed by atoms with Crippen LogP contribution in [0, 0.1) is 5.92 Å². The van der Waals surface area contributed by atoms with E-state index in [9.17, 15) is 9.59 Å². The van der Waals surface area contributed by atoms with Gasteiger partial charge in [0.05, 0.1) is 5.92 Å². The van der Waals surface area contributed by atoms with E-state index in [0.29, 0.717) is 13.0 Å². The summed E-state index contributed by atoms with van der Waals surface area (Å²) in [5, 5.41) is 0. The largest absolute Gasteiger partial charge is 0.461 e. The van der Waals surface area contributed by atoms with E-state index in [0.717, 1.165) is 18.4 Å². The molecule has 1 fully saturated rings. The summed E-state index contributed by atoms with van der Waals surface area (Å²) >= 11 is 0. The van der Waals surface area contributed by atoms with Crippen LogP contribution in [0.4, 0.5) is 4.79 Å². The Hall–Kier alpha value is -2.04. The molecular formula is C20H29NO4. The van der Waals surface area contributed by atoms with E-state index in [2.05, 4.69) is 0 Å². The molecule has 1 aliphatic heterocycles. The lowest BCUT2D eigenvalue weighted by Gasteiger charge is -2.29. The van der Waals surface area contributed by atoms with Gasteiger partial charge in [-0.2, -0.15) is 0 Å². The van der Waals surface area contributed by atoms with E-state index in [4.69, 9.17) is 9.47 Å². The van der Waals surface area contributed by atoms with Gasteiger partial charge < -0.3 is 14.4 Å². The molecule has 25 heavy (non-hydrogen) atoms. The molecule has 1 aromatic rings. The fraction of sp³-hybridized carbons (Fsp3) is 0.600. The fourth-order valence-electron chi connectivity index (χ4n) is 3.02. The molecule has 0 saturated carbocycles. The molecule has 2 rings (SSSR count). The second-order valence-corrected chi connectivity index (χ2v) is 7.70. The highest BCUT2D eigenvalue weighted by atomic mass is 16.6. The summed E-state index contributed by atoms with van der Waals surface area (Å²) in [4.78, 5) is 26.3. The Morgan fingerprint density at radius 3 is 2.56 bits per heavy atom. The minimum Gasteiger partial charge on any atom is -0.461 e. The Bertz CT molecular complexity index is 579. The summed E-state index contributed by atoms with van der Waals surface area (Å²) in [5.41, 5.74) is 0.462. The summed E-state index contributed by atoms with van der Waals surface area (Å²) in [5.74, 6) is -0.475. The second-order valence-electron chi connectivity index (χ2n) is 7.70. The minimum absolute atomic E-state index is 0.0362. The topological polar surface area (TPSA) is 55.8 Å². The normalized spacial score (nSPS) is 18.7. The zero-order chi connectivity index (χ0) is 18.4. The summed E-state index contributed by atoms with van der Waals surface area (Å²) in [6, 6.07) is 9.67. The maximum Gasteiger partial charge on any atom is 0.410 e. The lowest BCUT2D eigenvalue weighted by molar-refractivity contribution is -0.150. The molecule has 0 N–H and O–H groups in total. The van der Waals surface area contributed by atoms with Gasteiger partial charge in [0, 0.05) is 12.6 Å². The fourth-order valence-corrected chi connectivity index (χ4v) is 3.02. The first-order valence-corrected chi connectivity index (χ1v) is 8.96. The summed E-state index contributed by atoms with van der Waals surface area (Å²) in [6.07, 6.45) is 2.15. The number of ether oxygens (including phenoxy) is 2. The number of likely N-dealkylation sites (tertiary alicyclic amines) is 1. The predicted octanol–water partition coefficient (Wildman–Crippen LogP) is 4.16. The van der Waals surface area contributed by atoms with Crippen LogP contribution in [0.25, 0.3) is 0 Å². The van der Waals surface area contributed by atoms with Gasteiger partial charge in [-0.15, -0.1) is 0 Å². The lowest BCUT2D eigenvalue weighted by atomic mass is 10.0. The minimum atomic E-state index is -0.509. The molecule has 1 aromatic carbocycles. The first-order chi connectivity index (χ1) is 11.8. The van der Waals surface area contributed by atoms with Gasteiger partial charge in [-0.3, -0.25) is 4.79 Å². The van der Waals surface area contributed by atoms with Gasteiger partial charge in [-0.25, -0.2) is 4.79 Å². The number of carbonyl (C=O) groups is 2. The highest BCUT2D eigenvalue weighted by molar-refractivity contribution is 5.72. The average molecular weight is 347 g/mol. The molecule has 0 aromatic heterocycles. The number of benzene rings is 1. The maximum atomic E-state index is 12.3. The molecule has 0 radical (unpaired) electrons. The quantitative estimate of drug-likeness (QED) is 0.751. The Kier molecular flexibility index (Phi) is 6.45. The Balaban J connectivity index is 1.84.